The Morgan fingerprint density at radius 2 is 2.00 bits per heavy atom. The summed E-state index contributed by atoms with van der Waals surface area (Å²) in [4.78, 5) is 8.58. The number of aromatic nitrogens is 2. The van der Waals surface area contributed by atoms with Crippen LogP contribution >= 0.6 is 0 Å². The molecule has 1 aliphatic carbocycles. The van der Waals surface area contributed by atoms with Gasteiger partial charge in [-0.1, -0.05) is 6.92 Å². The smallest absolute Gasteiger partial charge is 0.204 e. The van der Waals surface area contributed by atoms with Crippen molar-refractivity contribution in [1.29, 1.82) is 0 Å². The molecule has 1 fully saturated rings. The van der Waals surface area contributed by atoms with Gasteiger partial charge in [-0.2, -0.15) is 0 Å². The van der Waals surface area contributed by atoms with Crippen molar-refractivity contribution in [2.75, 3.05) is 24.3 Å². The summed E-state index contributed by atoms with van der Waals surface area (Å²) in [6, 6.07) is 0. The third-order valence-corrected chi connectivity index (χ3v) is 3.59. The maximum absolute atomic E-state index is 5.47. The number of hydrogen-bond donors (Lipinski definition) is 2. The number of ether oxygens (including phenoxy) is 1. The number of methoxy groups -OCH3 is 1. The molecule has 0 bridgehead atoms. The summed E-state index contributed by atoms with van der Waals surface area (Å²) in [5.41, 5.74) is 0.0453. The summed E-state index contributed by atoms with van der Waals surface area (Å²) in [6.07, 6.45) is 5.19. The maximum Gasteiger partial charge on any atom is 0.204 e. The highest BCUT2D eigenvalue weighted by Gasteiger charge is 2.38. The number of rotatable bonds is 7. The van der Waals surface area contributed by atoms with Gasteiger partial charge in [-0.15, -0.1) is 0 Å². The summed E-state index contributed by atoms with van der Waals surface area (Å²) in [5.74, 6) is 2.95. The molecule has 1 heterocycles. The van der Waals surface area contributed by atoms with Gasteiger partial charge < -0.3 is 15.4 Å². The Bertz CT molecular complexity index is 429. The molecule has 19 heavy (non-hydrogen) atoms. The zero-order valence-corrected chi connectivity index (χ0v) is 12.3. The van der Waals surface area contributed by atoms with Crippen LogP contribution < -0.4 is 15.4 Å². The fourth-order valence-corrected chi connectivity index (χ4v) is 2.24. The normalized spacial score (nSPS) is 15.2. The maximum atomic E-state index is 5.47. The van der Waals surface area contributed by atoms with Crippen molar-refractivity contribution in [3.05, 3.63) is 6.33 Å². The van der Waals surface area contributed by atoms with E-state index in [1.165, 1.54) is 12.8 Å². The SMILES string of the molecule is CCCNc1ncnc(NC(C)(C)C2CC2)c1OC. The Labute approximate surface area is 115 Å². The van der Waals surface area contributed by atoms with Gasteiger partial charge in [-0.25, -0.2) is 9.97 Å². The summed E-state index contributed by atoms with van der Waals surface area (Å²) >= 11 is 0. The van der Waals surface area contributed by atoms with Crippen LogP contribution in [-0.4, -0.2) is 29.2 Å². The second-order valence-corrected chi connectivity index (χ2v) is 5.65. The molecule has 1 saturated carbocycles. The Morgan fingerprint density at radius 3 is 2.58 bits per heavy atom. The van der Waals surface area contributed by atoms with Crippen LogP contribution in [0.2, 0.25) is 0 Å². The second kappa shape index (κ2) is 5.63. The molecule has 106 valence electrons. The third-order valence-electron chi connectivity index (χ3n) is 3.59. The summed E-state index contributed by atoms with van der Waals surface area (Å²) in [7, 11) is 1.66. The van der Waals surface area contributed by atoms with Crippen molar-refractivity contribution >= 4 is 11.6 Å². The van der Waals surface area contributed by atoms with Crippen molar-refractivity contribution in [1.82, 2.24) is 9.97 Å². The monoisotopic (exact) mass is 264 g/mol. The molecule has 0 aromatic carbocycles. The van der Waals surface area contributed by atoms with Crippen molar-refractivity contribution in [2.45, 2.75) is 45.6 Å². The van der Waals surface area contributed by atoms with E-state index in [0.717, 1.165) is 30.5 Å². The Balaban J connectivity index is 2.19. The fraction of sp³-hybridized carbons (Fsp3) is 0.714. The number of nitrogens with one attached hydrogen (secondary N) is 2. The van der Waals surface area contributed by atoms with E-state index in [4.69, 9.17) is 4.74 Å². The van der Waals surface area contributed by atoms with Gasteiger partial charge in [0.15, 0.2) is 11.6 Å². The molecule has 5 nitrogen and oxygen atoms in total. The van der Waals surface area contributed by atoms with Crippen LogP contribution in [0.25, 0.3) is 0 Å². The van der Waals surface area contributed by atoms with Crippen LogP contribution in [0.15, 0.2) is 6.33 Å². The second-order valence-electron chi connectivity index (χ2n) is 5.65. The zero-order valence-electron chi connectivity index (χ0n) is 12.3. The molecule has 1 aromatic heterocycles. The highest BCUT2D eigenvalue weighted by molar-refractivity contribution is 5.64. The molecule has 1 aliphatic rings. The Morgan fingerprint density at radius 1 is 1.32 bits per heavy atom. The molecule has 0 aliphatic heterocycles. The van der Waals surface area contributed by atoms with E-state index in [-0.39, 0.29) is 5.54 Å². The van der Waals surface area contributed by atoms with E-state index in [1.807, 2.05) is 0 Å². The van der Waals surface area contributed by atoms with Gasteiger partial charge in [0.2, 0.25) is 5.75 Å². The summed E-state index contributed by atoms with van der Waals surface area (Å²) < 4.78 is 5.47. The lowest BCUT2D eigenvalue weighted by molar-refractivity contribution is 0.410. The van der Waals surface area contributed by atoms with E-state index in [1.54, 1.807) is 13.4 Å². The first-order valence-electron chi connectivity index (χ1n) is 6.99. The van der Waals surface area contributed by atoms with E-state index in [2.05, 4.69) is 41.4 Å². The van der Waals surface area contributed by atoms with E-state index in [9.17, 15) is 0 Å². The van der Waals surface area contributed by atoms with Gasteiger partial charge in [0, 0.05) is 12.1 Å². The Kier molecular flexibility index (Phi) is 4.12. The lowest BCUT2D eigenvalue weighted by Gasteiger charge is -2.28. The van der Waals surface area contributed by atoms with Gasteiger partial charge in [0.1, 0.15) is 6.33 Å². The number of nitrogens with zero attached hydrogens (tertiary/aromatic N) is 2. The molecule has 0 saturated heterocycles. The largest absolute Gasteiger partial charge is 0.490 e. The number of anilines is 2. The van der Waals surface area contributed by atoms with Crippen LogP contribution in [0, 0.1) is 5.92 Å². The van der Waals surface area contributed by atoms with Crippen molar-refractivity contribution in [3.63, 3.8) is 0 Å². The van der Waals surface area contributed by atoms with Crippen LogP contribution in [-0.2, 0) is 0 Å². The predicted octanol–water partition coefficient (Wildman–Crippen LogP) is 2.91. The van der Waals surface area contributed by atoms with E-state index in [0.29, 0.717) is 5.75 Å². The van der Waals surface area contributed by atoms with Gasteiger partial charge in [0.05, 0.1) is 7.11 Å². The highest BCUT2D eigenvalue weighted by Crippen LogP contribution is 2.42. The molecule has 0 unspecified atom stereocenters. The third kappa shape index (κ3) is 3.28. The fourth-order valence-electron chi connectivity index (χ4n) is 2.24. The van der Waals surface area contributed by atoms with Crippen molar-refractivity contribution in [3.8, 4) is 5.75 Å². The average molecular weight is 264 g/mol. The van der Waals surface area contributed by atoms with Gasteiger partial charge in [-0.3, -0.25) is 0 Å². The van der Waals surface area contributed by atoms with E-state index >= 15 is 0 Å². The topological polar surface area (TPSA) is 59.1 Å². The first-order chi connectivity index (χ1) is 9.08. The molecule has 0 atom stereocenters. The molecule has 0 amide bonds. The minimum atomic E-state index is 0.0453. The van der Waals surface area contributed by atoms with Gasteiger partial charge in [-0.05, 0) is 39.0 Å². The summed E-state index contributed by atoms with van der Waals surface area (Å²) in [5, 5.41) is 6.77. The van der Waals surface area contributed by atoms with Crippen LogP contribution in [0.1, 0.15) is 40.0 Å². The first kappa shape index (κ1) is 13.9. The Hall–Kier alpha value is -1.52. The quantitative estimate of drug-likeness (QED) is 0.793. The first-order valence-corrected chi connectivity index (χ1v) is 6.99. The van der Waals surface area contributed by atoms with Gasteiger partial charge in [0.25, 0.3) is 0 Å². The minimum Gasteiger partial charge on any atom is -0.490 e. The highest BCUT2D eigenvalue weighted by atomic mass is 16.5. The van der Waals surface area contributed by atoms with E-state index < -0.39 is 0 Å². The average Bonchev–Trinajstić information content (AvgIpc) is 3.20. The lowest BCUT2D eigenvalue weighted by atomic mass is 9.99. The molecule has 2 N–H and O–H groups in total. The molecule has 0 spiro atoms. The molecular weight excluding hydrogens is 240 g/mol. The van der Waals surface area contributed by atoms with Gasteiger partial charge >= 0.3 is 0 Å². The summed E-state index contributed by atoms with van der Waals surface area (Å²) in [6.45, 7) is 7.42. The van der Waals surface area contributed by atoms with Crippen LogP contribution in [0.5, 0.6) is 5.75 Å². The van der Waals surface area contributed by atoms with Crippen LogP contribution in [0.3, 0.4) is 0 Å². The molecule has 1 aromatic rings. The lowest BCUT2D eigenvalue weighted by Crippen LogP contribution is -2.34. The zero-order chi connectivity index (χ0) is 13.9. The molecule has 2 rings (SSSR count). The van der Waals surface area contributed by atoms with Crippen molar-refractivity contribution in [2.24, 2.45) is 5.92 Å². The van der Waals surface area contributed by atoms with Crippen LogP contribution in [0.4, 0.5) is 11.6 Å². The predicted molar refractivity (Wildman–Crippen MR) is 77.8 cm³/mol. The molecule has 5 heteroatoms. The standard InChI is InChI=1S/C14H24N4O/c1-5-8-15-12-11(19-4)13(17-9-16-12)18-14(2,3)10-6-7-10/h9-10H,5-8H2,1-4H3,(H2,15,16,17,18). The minimum absolute atomic E-state index is 0.0453. The van der Waals surface area contributed by atoms with Crippen molar-refractivity contribution < 1.29 is 4.74 Å². The molecule has 0 radical (unpaired) electrons. The number of hydrogen-bond acceptors (Lipinski definition) is 5. The molecular formula is C14H24N4O.